The minimum Gasteiger partial charge on any atom is -0.444 e. The summed E-state index contributed by atoms with van der Waals surface area (Å²) in [6.07, 6.45) is 6.67. The third-order valence-electron chi connectivity index (χ3n) is 9.99. The van der Waals surface area contributed by atoms with Crippen molar-refractivity contribution in [1.82, 2.24) is 29.3 Å². The Balaban J connectivity index is 0.000000184. The van der Waals surface area contributed by atoms with Crippen LogP contribution in [-0.2, 0) is 17.8 Å². The topological polar surface area (TPSA) is 111 Å². The first-order chi connectivity index (χ1) is 28.4. The van der Waals surface area contributed by atoms with Gasteiger partial charge in [0.1, 0.15) is 17.2 Å². The first kappa shape index (κ1) is 40.6. The summed E-state index contributed by atoms with van der Waals surface area (Å²) in [4.78, 5) is 48.8. The van der Waals surface area contributed by atoms with Gasteiger partial charge in [0.05, 0.1) is 40.5 Å². The van der Waals surface area contributed by atoms with Gasteiger partial charge in [-0.3, -0.25) is 18.7 Å². The van der Waals surface area contributed by atoms with Crippen LogP contribution in [0.25, 0.3) is 21.8 Å². The molecule has 0 bridgehead atoms. The molecule has 0 aliphatic carbocycles. The molecule has 12 heteroatoms. The van der Waals surface area contributed by atoms with Crippen LogP contribution < -0.4 is 16.4 Å². The van der Waals surface area contributed by atoms with Gasteiger partial charge in [-0.25, -0.2) is 23.5 Å². The van der Waals surface area contributed by atoms with Crippen LogP contribution in [0.5, 0.6) is 0 Å². The molecule has 1 amide bonds. The molecule has 2 unspecified atom stereocenters. The van der Waals surface area contributed by atoms with Crippen molar-refractivity contribution in [1.29, 1.82) is 0 Å². The highest BCUT2D eigenvalue weighted by atomic mass is 19.1. The van der Waals surface area contributed by atoms with E-state index in [0.29, 0.717) is 64.2 Å². The van der Waals surface area contributed by atoms with Gasteiger partial charge in [0.25, 0.3) is 11.1 Å². The summed E-state index contributed by atoms with van der Waals surface area (Å²) >= 11 is 0. The molecule has 10 nitrogen and oxygen atoms in total. The summed E-state index contributed by atoms with van der Waals surface area (Å²) in [5.74, 6) is 11.2. The number of ether oxygens (including phenoxy) is 1. The number of hydrogen-bond acceptors (Lipinski definition) is 7. The second kappa shape index (κ2) is 17.9. The summed E-state index contributed by atoms with van der Waals surface area (Å²) in [6.45, 7) is 8.14. The molecule has 2 aromatic heterocycles. The molecule has 1 N–H and O–H groups in total. The van der Waals surface area contributed by atoms with Crippen molar-refractivity contribution in [3.8, 4) is 23.7 Å². The van der Waals surface area contributed by atoms with Crippen LogP contribution in [0, 0.1) is 35.3 Å². The highest BCUT2D eigenvalue weighted by Crippen LogP contribution is 2.22. The lowest BCUT2D eigenvalue weighted by Crippen LogP contribution is -2.42. The van der Waals surface area contributed by atoms with E-state index in [1.165, 1.54) is 30.6 Å². The molecule has 4 aromatic carbocycles. The summed E-state index contributed by atoms with van der Waals surface area (Å²) < 4.78 is 35.3. The third-order valence-corrected chi connectivity index (χ3v) is 9.99. The molecule has 0 spiro atoms. The first-order valence-corrected chi connectivity index (χ1v) is 19.7. The molecule has 2 atom stereocenters. The Morgan fingerprint density at radius 2 is 1.25 bits per heavy atom. The number of nitrogens with zero attached hydrogens (tertiary/aromatic N) is 5. The highest BCUT2D eigenvalue weighted by Gasteiger charge is 2.32. The average molecular weight is 795 g/mol. The van der Waals surface area contributed by atoms with E-state index in [1.54, 1.807) is 81.0 Å². The number of likely N-dealkylation sites (tertiary alicyclic amines) is 1. The van der Waals surface area contributed by atoms with E-state index in [0.717, 1.165) is 37.8 Å². The van der Waals surface area contributed by atoms with Gasteiger partial charge in [-0.2, -0.15) is 0 Å². The van der Waals surface area contributed by atoms with E-state index in [4.69, 9.17) is 4.74 Å². The van der Waals surface area contributed by atoms with Crippen molar-refractivity contribution in [2.24, 2.45) is 0 Å². The zero-order valence-corrected chi connectivity index (χ0v) is 33.2. The van der Waals surface area contributed by atoms with Crippen molar-refractivity contribution < 1.29 is 18.3 Å². The zero-order chi connectivity index (χ0) is 41.5. The van der Waals surface area contributed by atoms with E-state index >= 15 is 0 Å². The third kappa shape index (κ3) is 10.5. The van der Waals surface area contributed by atoms with Crippen LogP contribution in [-0.4, -0.2) is 60.9 Å². The molecule has 2 fully saturated rings. The van der Waals surface area contributed by atoms with E-state index in [1.807, 2.05) is 20.8 Å². The number of amides is 1. The maximum atomic E-state index is 13.3. The Kier molecular flexibility index (Phi) is 12.3. The fraction of sp³-hybridized carbons (Fsp3) is 0.298. The van der Waals surface area contributed by atoms with Gasteiger partial charge in [0.2, 0.25) is 0 Å². The number of carbonyl (C=O) groups is 1. The highest BCUT2D eigenvalue weighted by molar-refractivity contribution is 5.80. The predicted molar refractivity (Wildman–Crippen MR) is 224 cm³/mol. The van der Waals surface area contributed by atoms with Crippen LogP contribution in [0.2, 0.25) is 0 Å². The number of carbonyl (C=O) groups excluding carboxylic acids is 1. The summed E-state index contributed by atoms with van der Waals surface area (Å²) in [5, 5.41) is 4.46. The van der Waals surface area contributed by atoms with E-state index < -0.39 is 5.60 Å². The zero-order valence-electron chi connectivity index (χ0n) is 33.2. The molecule has 4 heterocycles. The van der Waals surface area contributed by atoms with Crippen molar-refractivity contribution in [3.63, 3.8) is 0 Å². The minimum atomic E-state index is -0.569. The average Bonchev–Trinajstić information content (AvgIpc) is 3.91. The summed E-state index contributed by atoms with van der Waals surface area (Å²) in [6, 6.07) is 23.0. The Labute approximate surface area is 340 Å². The molecule has 59 heavy (non-hydrogen) atoms. The molecular formula is C47H44F2N6O4. The Morgan fingerprint density at radius 1 is 0.729 bits per heavy atom. The molecule has 6 aromatic rings. The number of rotatable bonds is 4. The predicted octanol–water partition coefficient (Wildman–Crippen LogP) is 7.02. The van der Waals surface area contributed by atoms with Crippen LogP contribution in [0.1, 0.15) is 68.7 Å². The van der Waals surface area contributed by atoms with Crippen LogP contribution in [0.15, 0.2) is 107 Å². The smallest absolute Gasteiger partial charge is 0.410 e. The Hall–Kier alpha value is -6.63. The lowest BCUT2D eigenvalue weighted by molar-refractivity contribution is 0.0213. The molecule has 2 aliphatic rings. The number of aromatic nitrogens is 4. The van der Waals surface area contributed by atoms with E-state index in [-0.39, 0.29) is 34.9 Å². The first-order valence-electron chi connectivity index (χ1n) is 19.7. The molecule has 8 rings (SSSR count). The van der Waals surface area contributed by atoms with Crippen molar-refractivity contribution >= 4 is 27.9 Å². The fourth-order valence-corrected chi connectivity index (χ4v) is 7.12. The second-order valence-electron chi connectivity index (χ2n) is 15.7. The largest absolute Gasteiger partial charge is 0.444 e. The lowest BCUT2D eigenvalue weighted by Gasteiger charge is -2.28. The molecule has 0 saturated carbocycles. The van der Waals surface area contributed by atoms with Gasteiger partial charge in [0.15, 0.2) is 0 Å². The van der Waals surface area contributed by atoms with Gasteiger partial charge < -0.3 is 15.0 Å². The SMILES string of the molecule is CC(C)(C)OC(=O)N1CCCC1Cn1cnc2cc(C#Cc3cccc(F)c3)ccc2c1=O.O=c1c2ccc(C#Cc3cccc(F)c3)cc2ncn1CC1CCCN1. The monoisotopic (exact) mass is 794 g/mol. The molecule has 300 valence electrons. The number of hydrogen-bond donors (Lipinski definition) is 1. The Bertz CT molecular complexity index is 2760. The van der Waals surface area contributed by atoms with Gasteiger partial charge >= 0.3 is 6.09 Å². The molecular weight excluding hydrogens is 751 g/mol. The van der Waals surface area contributed by atoms with Gasteiger partial charge in [-0.1, -0.05) is 35.8 Å². The van der Waals surface area contributed by atoms with Gasteiger partial charge in [-0.15, -0.1) is 0 Å². The number of benzene rings is 4. The normalized spacial score (nSPS) is 16.1. The van der Waals surface area contributed by atoms with E-state index in [9.17, 15) is 23.2 Å². The lowest BCUT2D eigenvalue weighted by atomic mass is 10.1. The molecule has 0 radical (unpaired) electrons. The molecule has 2 aliphatic heterocycles. The quantitative estimate of drug-likeness (QED) is 0.191. The van der Waals surface area contributed by atoms with Gasteiger partial charge in [0, 0.05) is 47.9 Å². The van der Waals surface area contributed by atoms with Crippen LogP contribution in [0.3, 0.4) is 0 Å². The van der Waals surface area contributed by atoms with Crippen molar-refractivity contribution in [2.75, 3.05) is 13.1 Å². The van der Waals surface area contributed by atoms with Crippen molar-refractivity contribution in [2.45, 2.75) is 77.2 Å². The summed E-state index contributed by atoms with van der Waals surface area (Å²) in [5.41, 5.74) is 3.00. The minimum absolute atomic E-state index is 0.0339. The fourth-order valence-electron chi connectivity index (χ4n) is 7.12. The number of nitrogens with one attached hydrogen (secondary N) is 1. The second-order valence-corrected chi connectivity index (χ2v) is 15.7. The summed E-state index contributed by atoms with van der Waals surface area (Å²) in [7, 11) is 0. The van der Waals surface area contributed by atoms with Crippen LogP contribution >= 0.6 is 0 Å². The maximum absolute atomic E-state index is 13.3. The number of fused-ring (bicyclic) bond motifs is 2. The number of halogens is 2. The Morgan fingerprint density at radius 3 is 1.75 bits per heavy atom. The van der Waals surface area contributed by atoms with Gasteiger partial charge in [-0.05, 0) is 126 Å². The van der Waals surface area contributed by atoms with Crippen LogP contribution in [0.4, 0.5) is 13.6 Å². The van der Waals surface area contributed by atoms with Crippen molar-refractivity contribution in [3.05, 3.63) is 152 Å². The standard InChI is InChI=1S/C26H26FN3O3.C21H18FN3O/c1-26(2,3)33-25(32)30-13-5-8-21(30)16-29-17-28-23-15-19(11-12-22(23)24(29)31)10-9-18-6-4-7-20(27)14-18;22-17-4-1-3-15(11-17)6-7-16-8-9-19-20(12-16)24-14-25(21(19)26)13-18-5-2-10-23-18/h4,6-7,11-12,14-15,17,21H,5,8,13,16H2,1-3H3;1,3-4,8-9,11-12,14,18,23H,2,5,10,13H2. The molecule has 2 saturated heterocycles. The maximum Gasteiger partial charge on any atom is 0.410 e. The van der Waals surface area contributed by atoms with E-state index in [2.05, 4.69) is 39.0 Å².